The quantitative estimate of drug-likeness (QED) is 0.499. The molecule has 7 nitrogen and oxygen atoms in total. The van der Waals surface area contributed by atoms with Crippen molar-refractivity contribution in [2.24, 2.45) is 0 Å². The van der Waals surface area contributed by atoms with Crippen LogP contribution in [-0.4, -0.2) is 57.4 Å². The number of benzene rings is 1. The van der Waals surface area contributed by atoms with Gasteiger partial charge in [0.1, 0.15) is 5.82 Å². The maximum atomic E-state index is 14.1. The smallest absolute Gasteiger partial charge is 0.341 e. The van der Waals surface area contributed by atoms with Gasteiger partial charge in [-0.25, -0.2) is 17.6 Å². The van der Waals surface area contributed by atoms with Crippen LogP contribution in [0.2, 0.25) is 4.34 Å². The monoisotopic (exact) mass is 447 g/mol. The van der Waals surface area contributed by atoms with E-state index in [0.29, 0.717) is 9.21 Å². The zero-order valence-corrected chi connectivity index (χ0v) is 16.8. The van der Waals surface area contributed by atoms with E-state index in [4.69, 9.17) is 21.1 Å². The highest BCUT2D eigenvalue weighted by atomic mass is 35.5. The number of ether oxygens (including phenoxy) is 2. The molecule has 0 radical (unpaired) electrons. The van der Waals surface area contributed by atoms with Gasteiger partial charge in [-0.15, -0.1) is 11.3 Å². The molecule has 1 fully saturated rings. The van der Waals surface area contributed by atoms with E-state index in [2.05, 4.69) is 0 Å². The molecule has 150 valence electrons. The Bertz CT molecular complexity index is 1000. The first-order chi connectivity index (χ1) is 13.3. The summed E-state index contributed by atoms with van der Waals surface area (Å²) < 4.78 is 51.0. The van der Waals surface area contributed by atoms with Crippen LogP contribution >= 0.6 is 22.9 Å². The molecule has 0 unspecified atom stereocenters. The topological polar surface area (TPSA) is 90.0 Å². The Hall–Kier alpha value is -1.85. The molecule has 11 heteroatoms. The first kappa shape index (κ1) is 20.9. The Kier molecular flexibility index (Phi) is 6.46. The molecule has 1 aromatic heterocycles. The molecule has 2 heterocycles. The van der Waals surface area contributed by atoms with Crippen LogP contribution in [0, 0.1) is 5.82 Å². The summed E-state index contributed by atoms with van der Waals surface area (Å²) >= 11 is 6.77. The van der Waals surface area contributed by atoms with Crippen molar-refractivity contribution in [3.8, 4) is 0 Å². The van der Waals surface area contributed by atoms with Crippen molar-refractivity contribution in [2.75, 3.05) is 32.9 Å². The van der Waals surface area contributed by atoms with Crippen molar-refractivity contribution in [2.45, 2.75) is 4.90 Å². The summed E-state index contributed by atoms with van der Waals surface area (Å²) in [6, 6.07) is 5.88. The Balaban J connectivity index is 1.75. The van der Waals surface area contributed by atoms with Gasteiger partial charge in [-0.3, -0.25) is 4.79 Å². The standard InChI is InChI=1S/C17H15ClFNO6S2/c18-16-4-3-15(27-16)14(21)10-26-17(22)12-9-11(1-2-13(12)19)28(23,24)20-5-7-25-8-6-20/h1-4,9H,5-8,10H2. The number of halogens is 2. The lowest BCUT2D eigenvalue weighted by Crippen LogP contribution is -2.40. The highest BCUT2D eigenvalue weighted by Crippen LogP contribution is 2.23. The van der Waals surface area contributed by atoms with Gasteiger partial charge in [-0.05, 0) is 30.3 Å². The fraction of sp³-hybridized carbons (Fsp3) is 0.294. The molecule has 3 rings (SSSR count). The number of nitrogens with zero attached hydrogens (tertiary/aromatic N) is 1. The second kappa shape index (κ2) is 8.66. The summed E-state index contributed by atoms with van der Waals surface area (Å²) in [7, 11) is -3.91. The van der Waals surface area contributed by atoms with E-state index in [9.17, 15) is 22.4 Å². The zero-order chi connectivity index (χ0) is 20.3. The minimum atomic E-state index is -3.91. The van der Waals surface area contributed by atoms with Gasteiger partial charge in [0.25, 0.3) is 0 Å². The Morgan fingerprint density at radius 2 is 1.93 bits per heavy atom. The number of rotatable bonds is 6. The first-order valence-corrected chi connectivity index (χ1v) is 10.8. The van der Waals surface area contributed by atoms with Crippen LogP contribution in [0.5, 0.6) is 0 Å². The molecule has 0 atom stereocenters. The lowest BCUT2D eigenvalue weighted by molar-refractivity contribution is 0.0471. The summed E-state index contributed by atoms with van der Waals surface area (Å²) in [6.07, 6.45) is 0. The fourth-order valence-electron chi connectivity index (χ4n) is 2.50. The number of thiophene rings is 1. The molecule has 0 amide bonds. The molecule has 1 aromatic carbocycles. The summed E-state index contributed by atoms with van der Waals surface area (Å²) in [5.74, 6) is -2.58. The summed E-state index contributed by atoms with van der Waals surface area (Å²) in [6.45, 7) is 0.221. The maximum Gasteiger partial charge on any atom is 0.341 e. The van der Waals surface area contributed by atoms with E-state index in [1.807, 2.05) is 0 Å². The van der Waals surface area contributed by atoms with Crippen LogP contribution in [0.1, 0.15) is 20.0 Å². The number of morpholine rings is 1. The van der Waals surface area contributed by atoms with E-state index in [1.165, 1.54) is 16.4 Å². The van der Waals surface area contributed by atoms with Gasteiger partial charge < -0.3 is 9.47 Å². The van der Waals surface area contributed by atoms with E-state index in [1.54, 1.807) is 0 Å². The predicted molar refractivity (Wildman–Crippen MR) is 99.9 cm³/mol. The van der Waals surface area contributed by atoms with Gasteiger partial charge in [0.05, 0.1) is 32.9 Å². The average molecular weight is 448 g/mol. The Labute approximate surface area is 169 Å². The van der Waals surface area contributed by atoms with Gasteiger partial charge in [-0.2, -0.15) is 4.31 Å². The number of carbonyl (C=O) groups is 2. The maximum absolute atomic E-state index is 14.1. The molecule has 0 N–H and O–H groups in total. The number of esters is 1. The second-order valence-corrected chi connectivity index (χ2v) is 9.41. The molecular weight excluding hydrogens is 433 g/mol. The molecule has 1 aliphatic rings. The van der Waals surface area contributed by atoms with Crippen molar-refractivity contribution in [3.63, 3.8) is 0 Å². The molecule has 1 saturated heterocycles. The Morgan fingerprint density at radius 1 is 1.21 bits per heavy atom. The third-order valence-corrected chi connectivity index (χ3v) is 7.11. The van der Waals surface area contributed by atoms with Crippen LogP contribution in [0.3, 0.4) is 0 Å². The highest BCUT2D eigenvalue weighted by Gasteiger charge is 2.28. The molecule has 1 aliphatic heterocycles. The van der Waals surface area contributed by atoms with Gasteiger partial charge in [-0.1, -0.05) is 11.6 Å². The largest absolute Gasteiger partial charge is 0.454 e. The number of hydrogen-bond donors (Lipinski definition) is 0. The van der Waals surface area contributed by atoms with E-state index < -0.39 is 39.8 Å². The number of Topliss-reactive ketones (excluding diaryl/α,β-unsaturated/α-hetero) is 1. The number of hydrogen-bond acceptors (Lipinski definition) is 7. The average Bonchev–Trinajstić information content (AvgIpc) is 3.13. The van der Waals surface area contributed by atoms with E-state index >= 15 is 0 Å². The second-order valence-electron chi connectivity index (χ2n) is 5.76. The van der Waals surface area contributed by atoms with Gasteiger partial charge in [0, 0.05) is 13.1 Å². The molecule has 0 aliphatic carbocycles. The van der Waals surface area contributed by atoms with Crippen LogP contribution in [0.15, 0.2) is 35.2 Å². The van der Waals surface area contributed by atoms with E-state index in [-0.39, 0.29) is 31.2 Å². The normalized spacial score (nSPS) is 15.4. The van der Waals surface area contributed by atoms with Crippen LogP contribution < -0.4 is 0 Å². The summed E-state index contributed by atoms with van der Waals surface area (Å²) in [4.78, 5) is 24.2. The minimum absolute atomic E-state index is 0.164. The van der Waals surface area contributed by atoms with Crippen molar-refractivity contribution < 1.29 is 31.9 Å². The van der Waals surface area contributed by atoms with E-state index in [0.717, 1.165) is 29.5 Å². The molecule has 0 spiro atoms. The van der Waals surface area contributed by atoms with Crippen LogP contribution in [-0.2, 0) is 19.5 Å². The van der Waals surface area contributed by atoms with Gasteiger partial charge in [0.2, 0.25) is 15.8 Å². The number of ketones is 1. The third kappa shape index (κ3) is 4.58. The van der Waals surface area contributed by atoms with Crippen molar-refractivity contribution in [1.29, 1.82) is 0 Å². The van der Waals surface area contributed by atoms with Crippen molar-refractivity contribution in [3.05, 3.63) is 50.9 Å². The van der Waals surface area contributed by atoms with Gasteiger partial charge >= 0.3 is 5.97 Å². The number of carbonyl (C=O) groups excluding carboxylic acids is 2. The molecule has 28 heavy (non-hydrogen) atoms. The Morgan fingerprint density at radius 3 is 2.57 bits per heavy atom. The van der Waals surface area contributed by atoms with Crippen LogP contribution in [0.25, 0.3) is 0 Å². The molecular formula is C17H15ClFNO6S2. The highest BCUT2D eigenvalue weighted by molar-refractivity contribution is 7.89. The molecule has 0 saturated carbocycles. The number of sulfonamides is 1. The predicted octanol–water partition coefficient (Wildman–Crippen LogP) is 2.60. The van der Waals surface area contributed by atoms with Crippen molar-refractivity contribution >= 4 is 44.7 Å². The first-order valence-electron chi connectivity index (χ1n) is 8.12. The summed E-state index contributed by atoms with van der Waals surface area (Å²) in [5.41, 5.74) is -0.564. The van der Waals surface area contributed by atoms with Crippen LogP contribution in [0.4, 0.5) is 4.39 Å². The minimum Gasteiger partial charge on any atom is -0.454 e. The molecule has 0 bridgehead atoms. The van der Waals surface area contributed by atoms with Crippen molar-refractivity contribution in [1.82, 2.24) is 4.31 Å². The summed E-state index contributed by atoms with van der Waals surface area (Å²) in [5, 5.41) is 0. The van der Waals surface area contributed by atoms with Gasteiger partial charge in [0.15, 0.2) is 6.61 Å². The zero-order valence-electron chi connectivity index (χ0n) is 14.4. The third-order valence-electron chi connectivity index (χ3n) is 3.95. The fourth-order valence-corrected chi connectivity index (χ4v) is 4.90. The lowest BCUT2D eigenvalue weighted by atomic mass is 10.2. The molecule has 2 aromatic rings. The lowest BCUT2D eigenvalue weighted by Gasteiger charge is -2.26. The SMILES string of the molecule is O=C(COC(=O)c1cc(S(=O)(=O)N2CCOCC2)ccc1F)c1ccc(Cl)s1.